The highest BCUT2D eigenvalue weighted by molar-refractivity contribution is 5.86. The molecule has 1 N–H and O–H groups in total. The Kier molecular flexibility index (Phi) is 3.79. The number of nitrogens with one attached hydrogen (secondary N) is 1. The van der Waals surface area contributed by atoms with Gasteiger partial charge in [0.25, 0.3) is 0 Å². The molecule has 1 aromatic heterocycles. The Hall–Kier alpha value is -2.25. The number of ether oxygens (including phenoxy) is 1. The van der Waals surface area contributed by atoms with Crippen molar-refractivity contribution in [2.45, 2.75) is 26.4 Å². The number of carbonyl (C=O) groups excluding carboxylic acids is 1. The maximum absolute atomic E-state index is 12.9. The summed E-state index contributed by atoms with van der Waals surface area (Å²) < 4.78 is 17.8. The monoisotopic (exact) mass is 257 g/mol. The zero-order chi connectivity index (χ0) is 13.9. The number of aromatic nitrogens is 1. The lowest BCUT2D eigenvalue weighted by Crippen LogP contribution is -2.27. The van der Waals surface area contributed by atoms with Gasteiger partial charge in [0.05, 0.1) is 4.92 Å². The summed E-state index contributed by atoms with van der Waals surface area (Å²) in [4.78, 5) is 24.5. The van der Waals surface area contributed by atoms with Crippen LogP contribution < -0.4 is 5.32 Å². The van der Waals surface area contributed by atoms with Crippen molar-refractivity contribution in [3.8, 4) is 0 Å². The van der Waals surface area contributed by atoms with E-state index in [0.29, 0.717) is 0 Å². The summed E-state index contributed by atoms with van der Waals surface area (Å²) in [5.74, 6) is -1.43. The number of nitro groups is 1. The maximum atomic E-state index is 12.9. The van der Waals surface area contributed by atoms with E-state index in [1.807, 2.05) is 5.32 Å². The Morgan fingerprint density at radius 2 is 2.11 bits per heavy atom. The minimum atomic E-state index is -0.941. The molecule has 0 unspecified atom stereocenters. The number of hydrogen-bond acceptors (Lipinski definition) is 5. The molecule has 0 aliphatic rings. The van der Waals surface area contributed by atoms with E-state index in [9.17, 15) is 19.3 Å². The molecule has 1 amide bonds. The normalized spacial score (nSPS) is 10.9. The average Bonchev–Trinajstić information content (AvgIpc) is 2.13. The summed E-state index contributed by atoms with van der Waals surface area (Å²) >= 11 is 0. The molecule has 0 saturated carbocycles. The molecule has 0 saturated heterocycles. The van der Waals surface area contributed by atoms with E-state index < -0.39 is 34.1 Å². The van der Waals surface area contributed by atoms with Crippen LogP contribution in [0.25, 0.3) is 0 Å². The second-order valence-corrected chi connectivity index (χ2v) is 4.39. The topological polar surface area (TPSA) is 94.4 Å². The van der Waals surface area contributed by atoms with Crippen LogP contribution in [0, 0.1) is 16.1 Å². The van der Waals surface area contributed by atoms with Gasteiger partial charge >= 0.3 is 11.8 Å². The molecule has 0 spiro atoms. The third kappa shape index (κ3) is 3.96. The smallest absolute Gasteiger partial charge is 0.413 e. The predicted molar refractivity (Wildman–Crippen MR) is 60.7 cm³/mol. The minimum absolute atomic E-state index is 0.491. The van der Waals surface area contributed by atoms with Gasteiger partial charge in [-0.3, -0.25) is 15.4 Å². The molecule has 7 nitrogen and oxygen atoms in total. The van der Waals surface area contributed by atoms with E-state index in [0.717, 1.165) is 12.1 Å². The molecule has 0 fully saturated rings. The molecule has 0 aromatic carbocycles. The molecule has 1 rings (SSSR count). The third-order valence-electron chi connectivity index (χ3n) is 1.66. The number of pyridine rings is 1. The number of carbonyl (C=O) groups is 1. The molecule has 98 valence electrons. The first-order valence-corrected chi connectivity index (χ1v) is 5.00. The lowest BCUT2D eigenvalue weighted by Gasteiger charge is -2.19. The number of amides is 1. The molecular formula is C10H12FN3O4. The van der Waals surface area contributed by atoms with Gasteiger partial charge in [-0.05, 0) is 20.8 Å². The quantitative estimate of drug-likeness (QED) is 0.499. The molecule has 0 aliphatic heterocycles. The molecule has 0 atom stereocenters. The van der Waals surface area contributed by atoms with E-state index in [1.165, 1.54) is 0 Å². The van der Waals surface area contributed by atoms with Gasteiger partial charge < -0.3 is 4.74 Å². The van der Waals surface area contributed by atoms with Crippen LogP contribution in [-0.2, 0) is 4.74 Å². The van der Waals surface area contributed by atoms with Crippen molar-refractivity contribution in [2.24, 2.45) is 0 Å². The largest absolute Gasteiger partial charge is 0.444 e. The Labute approximate surface area is 102 Å². The van der Waals surface area contributed by atoms with Crippen LogP contribution >= 0.6 is 0 Å². The number of rotatable bonds is 2. The number of anilines is 1. The average molecular weight is 257 g/mol. The van der Waals surface area contributed by atoms with Crippen LogP contribution in [0.15, 0.2) is 12.1 Å². The Morgan fingerprint density at radius 1 is 1.50 bits per heavy atom. The van der Waals surface area contributed by atoms with Crippen LogP contribution in [0.3, 0.4) is 0 Å². The molecule has 8 heteroatoms. The molecule has 0 aliphatic carbocycles. The van der Waals surface area contributed by atoms with Crippen molar-refractivity contribution in [1.29, 1.82) is 0 Å². The van der Waals surface area contributed by atoms with Crippen molar-refractivity contribution in [1.82, 2.24) is 4.98 Å². The summed E-state index contributed by atoms with van der Waals surface area (Å²) in [6, 6.07) is 1.74. The highest BCUT2D eigenvalue weighted by Gasteiger charge is 2.22. The highest BCUT2D eigenvalue weighted by atomic mass is 19.1. The number of nitrogens with zero attached hydrogens (tertiary/aromatic N) is 2. The first-order chi connectivity index (χ1) is 8.19. The van der Waals surface area contributed by atoms with Gasteiger partial charge in [0.15, 0.2) is 0 Å². The molecule has 1 aromatic rings. The van der Waals surface area contributed by atoms with Crippen LogP contribution in [0.5, 0.6) is 0 Å². The van der Waals surface area contributed by atoms with Crippen molar-refractivity contribution >= 4 is 17.6 Å². The molecule has 0 bridgehead atoms. The first kappa shape index (κ1) is 13.8. The summed E-state index contributed by atoms with van der Waals surface area (Å²) in [5, 5.41) is 12.7. The van der Waals surface area contributed by atoms with E-state index in [4.69, 9.17) is 4.74 Å². The number of hydrogen-bond donors (Lipinski definition) is 1. The third-order valence-corrected chi connectivity index (χ3v) is 1.66. The van der Waals surface area contributed by atoms with Crippen LogP contribution in [0.2, 0.25) is 0 Å². The lowest BCUT2D eigenvalue weighted by molar-refractivity contribution is -0.384. The minimum Gasteiger partial charge on any atom is -0.444 e. The van der Waals surface area contributed by atoms with Gasteiger partial charge in [-0.1, -0.05) is 0 Å². The Bertz CT molecular complexity index is 485. The molecule has 18 heavy (non-hydrogen) atoms. The van der Waals surface area contributed by atoms with Crippen molar-refractivity contribution < 1.29 is 18.8 Å². The second kappa shape index (κ2) is 4.94. The molecule has 1 heterocycles. The SMILES string of the molecule is CC(C)(C)OC(=O)Nc1nc(F)ccc1[N+](=O)[O-]. The van der Waals surface area contributed by atoms with Gasteiger partial charge in [0.2, 0.25) is 11.8 Å². The van der Waals surface area contributed by atoms with Gasteiger partial charge in [-0.15, -0.1) is 0 Å². The molecule has 0 radical (unpaired) electrons. The summed E-state index contributed by atoms with van der Waals surface area (Å²) in [7, 11) is 0. The fourth-order valence-corrected chi connectivity index (χ4v) is 1.07. The zero-order valence-electron chi connectivity index (χ0n) is 10.1. The van der Waals surface area contributed by atoms with Crippen molar-refractivity contribution in [2.75, 3.05) is 5.32 Å². The summed E-state index contributed by atoms with van der Waals surface area (Å²) in [6.45, 7) is 4.87. The lowest BCUT2D eigenvalue weighted by atomic mass is 10.2. The van der Waals surface area contributed by atoms with Crippen LogP contribution in [0.4, 0.5) is 20.7 Å². The van der Waals surface area contributed by atoms with Crippen LogP contribution in [-0.4, -0.2) is 21.6 Å². The first-order valence-electron chi connectivity index (χ1n) is 5.00. The predicted octanol–water partition coefficient (Wildman–Crippen LogP) is 2.48. The number of halogens is 1. The van der Waals surface area contributed by atoms with Gasteiger partial charge in [0.1, 0.15) is 5.60 Å². The van der Waals surface area contributed by atoms with Crippen LogP contribution in [0.1, 0.15) is 20.8 Å². The summed E-state index contributed by atoms with van der Waals surface area (Å²) in [6.07, 6.45) is -0.941. The Balaban J connectivity index is 2.93. The van der Waals surface area contributed by atoms with E-state index in [1.54, 1.807) is 20.8 Å². The van der Waals surface area contributed by atoms with Gasteiger partial charge in [-0.25, -0.2) is 4.79 Å². The summed E-state index contributed by atoms with van der Waals surface area (Å²) in [5.41, 5.74) is -1.28. The fourth-order valence-electron chi connectivity index (χ4n) is 1.07. The van der Waals surface area contributed by atoms with Gasteiger partial charge in [-0.2, -0.15) is 9.37 Å². The highest BCUT2D eigenvalue weighted by Crippen LogP contribution is 2.22. The Morgan fingerprint density at radius 3 is 2.61 bits per heavy atom. The van der Waals surface area contributed by atoms with E-state index in [2.05, 4.69) is 4.98 Å². The van der Waals surface area contributed by atoms with E-state index in [-0.39, 0.29) is 0 Å². The maximum Gasteiger partial charge on any atom is 0.413 e. The second-order valence-electron chi connectivity index (χ2n) is 4.39. The zero-order valence-corrected chi connectivity index (χ0v) is 10.1. The van der Waals surface area contributed by atoms with Crippen molar-refractivity contribution in [3.05, 3.63) is 28.2 Å². The van der Waals surface area contributed by atoms with Gasteiger partial charge in [0, 0.05) is 12.1 Å². The van der Waals surface area contributed by atoms with Crippen molar-refractivity contribution in [3.63, 3.8) is 0 Å². The standard InChI is InChI=1S/C10H12FN3O4/c1-10(2,3)18-9(15)13-8-6(14(16)17)4-5-7(11)12-8/h4-5H,1-3H3,(H,12,13,15). The van der Waals surface area contributed by atoms with E-state index >= 15 is 0 Å². The molecular weight excluding hydrogens is 245 g/mol. The fraction of sp³-hybridized carbons (Fsp3) is 0.400.